The number of carbonyl (C=O) groups excluding carboxylic acids is 1. The molecule has 1 amide bonds. The van der Waals surface area contributed by atoms with Crippen molar-refractivity contribution in [3.63, 3.8) is 0 Å². The van der Waals surface area contributed by atoms with Crippen molar-refractivity contribution in [3.05, 3.63) is 66.1 Å². The fourth-order valence-electron chi connectivity index (χ4n) is 2.80. The minimum atomic E-state index is -3.48. The third-order valence-corrected chi connectivity index (χ3v) is 6.43. The van der Waals surface area contributed by atoms with Crippen molar-refractivity contribution < 1.29 is 13.2 Å². The first-order chi connectivity index (χ1) is 13.4. The zero-order valence-electron chi connectivity index (χ0n) is 16.0. The van der Waals surface area contributed by atoms with E-state index in [0.29, 0.717) is 18.7 Å². The Morgan fingerprint density at radius 2 is 1.93 bits per heavy atom. The number of nitrogens with one attached hydrogen (secondary N) is 1. The summed E-state index contributed by atoms with van der Waals surface area (Å²) in [6, 6.07) is 10.1. The third kappa shape index (κ3) is 4.40. The summed E-state index contributed by atoms with van der Waals surface area (Å²) in [6.45, 7) is 2.84. The van der Waals surface area contributed by atoms with E-state index in [1.165, 1.54) is 4.31 Å². The lowest BCUT2D eigenvalue weighted by Crippen LogP contribution is -2.28. The Morgan fingerprint density at radius 1 is 1.18 bits per heavy atom. The number of amides is 1. The van der Waals surface area contributed by atoms with Gasteiger partial charge in [0.05, 0.1) is 10.5 Å². The smallest absolute Gasteiger partial charge is 0.253 e. The highest BCUT2D eigenvalue weighted by molar-refractivity contribution is 7.89. The monoisotopic (exact) mass is 400 g/mol. The second-order valence-corrected chi connectivity index (χ2v) is 8.66. The Hall–Kier alpha value is -2.71. The molecule has 3 rings (SSSR count). The number of carbonyl (C=O) groups is 1. The standard InChI is InChI=1S/C20H24N4O3S/c1-3-4-12-23(2)28(26,27)18-8-5-16(6-9-18)14-22-20(25)17-7-10-19-21-11-13-24(19)15-17/h5-11,13,15H,3-4,12,14H2,1-2H3,(H,22,25). The van der Waals surface area contributed by atoms with Crippen molar-refractivity contribution in [2.45, 2.75) is 31.2 Å². The van der Waals surface area contributed by atoms with Crippen LogP contribution in [0, 0.1) is 0 Å². The summed E-state index contributed by atoms with van der Waals surface area (Å²) >= 11 is 0. The van der Waals surface area contributed by atoms with Gasteiger partial charge in [-0.05, 0) is 36.2 Å². The van der Waals surface area contributed by atoms with Gasteiger partial charge in [-0.25, -0.2) is 17.7 Å². The molecule has 0 atom stereocenters. The molecular weight excluding hydrogens is 376 g/mol. The van der Waals surface area contributed by atoms with Crippen LogP contribution in [0.15, 0.2) is 59.9 Å². The summed E-state index contributed by atoms with van der Waals surface area (Å²) in [6.07, 6.45) is 6.94. The predicted molar refractivity (Wildman–Crippen MR) is 108 cm³/mol. The number of benzene rings is 1. The van der Waals surface area contributed by atoms with Crippen LogP contribution in [0.4, 0.5) is 0 Å². The molecule has 0 unspecified atom stereocenters. The van der Waals surface area contributed by atoms with Crippen molar-refractivity contribution in [2.24, 2.45) is 0 Å². The van der Waals surface area contributed by atoms with Crippen molar-refractivity contribution in [1.82, 2.24) is 19.0 Å². The number of rotatable bonds is 8. The van der Waals surface area contributed by atoms with Crippen LogP contribution < -0.4 is 5.32 Å². The zero-order chi connectivity index (χ0) is 20.1. The molecule has 0 spiro atoms. The minimum Gasteiger partial charge on any atom is -0.348 e. The average Bonchev–Trinajstić information content (AvgIpc) is 3.18. The Kier molecular flexibility index (Phi) is 6.11. The summed E-state index contributed by atoms with van der Waals surface area (Å²) in [5.74, 6) is -0.202. The van der Waals surface area contributed by atoms with Crippen molar-refractivity contribution in [1.29, 1.82) is 0 Å². The summed E-state index contributed by atoms with van der Waals surface area (Å²) < 4.78 is 28.2. The van der Waals surface area contributed by atoms with Gasteiger partial charge in [0.2, 0.25) is 10.0 Å². The summed E-state index contributed by atoms with van der Waals surface area (Å²) in [7, 11) is -1.89. The summed E-state index contributed by atoms with van der Waals surface area (Å²) in [5.41, 5.74) is 2.13. The Morgan fingerprint density at radius 3 is 2.64 bits per heavy atom. The molecule has 1 N–H and O–H groups in total. The van der Waals surface area contributed by atoms with E-state index in [1.54, 1.807) is 66.4 Å². The maximum absolute atomic E-state index is 12.5. The number of unbranched alkanes of at least 4 members (excludes halogenated alkanes) is 1. The van der Waals surface area contributed by atoms with Gasteiger partial charge in [-0.2, -0.15) is 0 Å². The Balaban J connectivity index is 1.63. The highest BCUT2D eigenvalue weighted by Gasteiger charge is 2.19. The van der Waals surface area contributed by atoms with Crippen LogP contribution in [0.25, 0.3) is 5.65 Å². The highest BCUT2D eigenvalue weighted by Crippen LogP contribution is 2.16. The molecule has 0 saturated carbocycles. The largest absolute Gasteiger partial charge is 0.348 e. The van der Waals surface area contributed by atoms with Crippen molar-refractivity contribution in [3.8, 4) is 0 Å². The molecule has 7 nitrogen and oxygen atoms in total. The Labute approximate surface area is 165 Å². The molecule has 0 aliphatic heterocycles. The quantitative estimate of drug-likeness (QED) is 0.630. The maximum atomic E-state index is 12.5. The molecule has 0 aliphatic carbocycles. The van der Waals surface area contributed by atoms with Crippen LogP contribution in [0.2, 0.25) is 0 Å². The molecule has 2 aromatic heterocycles. The van der Waals surface area contributed by atoms with E-state index >= 15 is 0 Å². The number of sulfonamides is 1. The molecular formula is C20H24N4O3S. The second kappa shape index (κ2) is 8.53. The SMILES string of the molecule is CCCCN(C)S(=O)(=O)c1ccc(CNC(=O)c2ccc3nccn3c2)cc1. The first-order valence-corrected chi connectivity index (χ1v) is 10.6. The summed E-state index contributed by atoms with van der Waals surface area (Å²) in [5, 5.41) is 2.85. The molecule has 28 heavy (non-hydrogen) atoms. The number of imidazole rings is 1. The molecule has 1 aromatic carbocycles. The number of hydrogen-bond acceptors (Lipinski definition) is 4. The Bertz CT molecular complexity index is 1060. The second-order valence-electron chi connectivity index (χ2n) is 6.62. The van der Waals surface area contributed by atoms with E-state index < -0.39 is 10.0 Å². The predicted octanol–water partition coefficient (Wildman–Crippen LogP) is 2.68. The van der Waals surface area contributed by atoms with E-state index in [2.05, 4.69) is 10.3 Å². The molecule has 3 aromatic rings. The number of pyridine rings is 1. The van der Waals surface area contributed by atoms with E-state index in [0.717, 1.165) is 24.1 Å². The molecule has 8 heteroatoms. The fourth-order valence-corrected chi connectivity index (χ4v) is 4.01. The highest BCUT2D eigenvalue weighted by atomic mass is 32.2. The van der Waals surface area contributed by atoms with Gasteiger partial charge in [0.25, 0.3) is 5.91 Å². The van der Waals surface area contributed by atoms with E-state index in [4.69, 9.17) is 0 Å². The van der Waals surface area contributed by atoms with Gasteiger partial charge in [0, 0.05) is 38.7 Å². The van der Waals surface area contributed by atoms with Crippen molar-refractivity contribution in [2.75, 3.05) is 13.6 Å². The number of aromatic nitrogens is 2. The number of nitrogens with zero attached hydrogens (tertiary/aromatic N) is 3. The normalized spacial score (nSPS) is 11.8. The van der Waals surface area contributed by atoms with Crippen LogP contribution in [-0.2, 0) is 16.6 Å². The number of hydrogen-bond donors (Lipinski definition) is 1. The first kappa shape index (κ1) is 20.0. The van der Waals surface area contributed by atoms with Gasteiger partial charge in [0.15, 0.2) is 0 Å². The molecule has 2 heterocycles. The molecule has 0 bridgehead atoms. The van der Waals surface area contributed by atoms with Gasteiger partial charge in [-0.15, -0.1) is 0 Å². The van der Waals surface area contributed by atoms with Gasteiger partial charge in [-0.3, -0.25) is 4.79 Å². The first-order valence-electron chi connectivity index (χ1n) is 9.18. The fraction of sp³-hybridized carbons (Fsp3) is 0.300. The molecule has 0 aliphatic rings. The minimum absolute atomic E-state index is 0.202. The van der Waals surface area contributed by atoms with Gasteiger partial charge < -0.3 is 9.72 Å². The molecule has 148 valence electrons. The van der Waals surface area contributed by atoms with Crippen LogP contribution in [0.1, 0.15) is 35.7 Å². The van der Waals surface area contributed by atoms with E-state index in [-0.39, 0.29) is 10.8 Å². The maximum Gasteiger partial charge on any atom is 0.253 e. The third-order valence-electron chi connectivity index (χ3n) is 4.56. The lowest BCUT2D eigenvalue weighted by atomic mass is 10.2. The zero-order valence-corrected chi connectivity index (χ0v) is 16.8. The molecule has 0 radical (unpaired) electrons. The lowest BCUT2D eigenvalue weighted by Gasteiger charge is -2.17. The molecule has 0 fully saturated rings. The number of fused-ring (bicyclic) bond motifs is 1. The lowest BCUT2D eigenvalue weighted by molar-refractivity contribution is 0.0950. The van der Waals surface area contributed by atoms with E-state index in [1.807, 2.05) is 6.92 Å². The van der Waals surface area contributed by atoms with Crippen LogP contribution in [-0.4, -0.2) is 41.6 Å². The van der Waals surface area contributed by atoms with E-state index in [9.17, 15) is 13.2 Å². The topological polar surface area (TPSA) is 83.8 Å². The van der Waals surface area contributed by atoms with Gasteiger partial charge >= 0.3 is 0 Å². The molecule has 0 saturated heterocycles. The van der Waals surface area contributed by atoms with Gasteiger partial charge in [-0.1, -0.05) is 25.5 Å². The van der Waals surface area contributed by atoms with Gasteiger partial charge in [0.1, 0.15) is 5.65 Å². The van der Waals surface area contributed by atoms with Crippen LogP contribution in [0.3, 0.4) is 0 Å². The average molecular weight is 401 g/mol. The van der Waals surface area contributed by atoms with Crippen LogP contribution >= 0.6 is 0 Å². The van der Waals surface area contributed by atoms with Crippen LogP contribution in [0.5, 0.6) is 0 Å². The summed E-state index contributed by atoms with van der Waals surface area (Å²) in [4.78, 5) is 16.8. The van der Waals surface area contributed by atoms with Crippen molar-refractivity contribution >= 4 is 21.6 Å².